The highest BCUT2D eigenvalue weighted by molar-refractivity contribution is 14.0. The summed E-state index contributed by atoms with van der Waals surface area (Å²) in [5.74, 6) is 2.23. The molecule has 2 N–H and O–H groups in total. The van der Waals surface area contributed by atoms with Crippen molar-refractivity contribution in [2.75, 3.05) is 6.54 Å². The predicted molar refractivity (Wildman–Crippen MR) is 105 cm³/mol. The van der Waals surface area contributed by atoms with Crippen molar-refractivity contribution in [2.24, 2.45) is 4.99 Å². The lowest BCUT2D eigenvalue weighted by atomic mass is 10.4. The van der Waals surface area contributed by atoms with Gasteiger partial charge in [-0.2, -0.15) is 0 Å². The van der Waals surface area contributed by atoms with E-state index in [0.29, 0.717) is 19.0 Å². The van der Waals surface area contributed by atoms with Crippen LogP contribution in [0.5, 0.6) is 0 Å². The van der Waals surface area contributed by atoms with E-state index >= 15 is 0 Å². The van der Waals surface area contributed by atoms with Crippen molar-refractivity contribution >= 4 is 41.3 Å². The lowest BCUT2D eigenvalue weighted by Gasteiger charge is -2.10. The minimum Gasteiger partial charge on any atom is -0.444 e. The van der Waals surface area contributed by atoms with Gasteiger partial charge in [-0.1, -0.05) is 0 Å². The molecule has 0 fully saturated rings. The van der Waals surface area contributed by atoms with Crippen molar-refractivity contribution in [1.29, 1.82) is 0 Å². The van der Waals surface area contributed by atoms with E-state index in [-0.39, 0.29) is 24.0 Å². The molecule has 6 nitrogen and oxygen atoms in total. The Morgan fingerprint density at radius 3 is 2.39 bits per heavy atom. The van der Waals surface area contributed by atoms with Gasteiger partial charge in [0.15, 0.2) is 5.96 Å². The number of halogens is 1. The third-order valence-electron chi connectivity index (χ3n) is 3.21. The van der Waals surface area contributed by atoms with Gasteiger partial charge in [-0.25, -0.2) is 15.0 Å². The van der Waals surface area contributed by atoms with Crippen molar-refractivity contribution in [2.45, 2.75) is 47.7 Å². The third-order valence-corrected chi connectivity index (χ3v) is 4.28. The first-order valence-electron chi connectivity index (χ1n) is 7.37. The Labute approximate surface area is 158 Å². The zero-order chi connectivity index (χ0) is 16.1. The lowest BCUT2D eigenvalue weighted by molar-refractivity contribution is 0.473. The Balaban J connectivity index is 0.00000264. The van der Waals surface area contributed by atoms with Gasteiger partial charge in [-0.05, 0) is 34.6 Å². The number of aromatic nitrogens is 2. The van der Waals surface area contributed by atoms with Crippen LogP contribution in [-0.2, 0) is 13.1 Å². The van der Waals surface area contributed by atoms with Crippen LogP contribution in [0.3, 0.4) is 0 Å². The van der Waals surface area contributed by atoms with E-state index in [2.05, 4.69) is 25.6 Å². The molecule has 2 aromatic rings. The normalized spacial score (nSPS) is 11.3. The Kier molecular flexibility index (Phi) is 7.97. The average Bonchev–Trinajstić information content (AvgIpc) is 2.95. The third kappa shape index (κ3) is 5.76. The van der Waals surface area contributed by atoms with Crippen molar-refractivity contribution in [3.8, 4) is 0 Å². The molecule has 0 spiro atoms. The summed E-state index contributed by atoms with van der Waals surface area (Å²) >= 11 is 1.71. The fourth-order valence-corrected chi connectivity index (χ4v) is 2.87. The summed E-state index contributed by atoms with van der Waals surface area (Å²) in [6.07, 6.45) is 0. The summed E-state index contributed by atoms with van der Waals surface area (Å²) in [6.45, 7) is 11.9. The van der Waals surface area contributed by atoms with Gasteiger partial charge in [0.2, 0.25) is 5.89 Å². The van der Waals surface area contributed by atoms with Gasteiger partial charge in [-0.3, -0.25) is 0 Å². The van der Waals surface area contributed by atoms with Crippen LogP contribution in [0, 0.1) is 27.7 Å². The van der Waals surface area contributed by atoms with Gasteiger partial charge in [-0.15, -0.1) is 35.3 Å². The molecule has 0 unspecified atom stereocenters. The monoisotopic (exact) mass is 449 g/mol. The summed E-state index contributed by atoms with van der Waals surface area (Å²) in [5.41, 5.74) is 1.99. The molecule has 0 saturated heterocycles. The number of hydrogen-bond donors (Lipinski definition) is 2. The number of aliphatic imine (C=N–C) groups is 1. The summed E-state index contributed by atoms with van der Waals surface area (Å²) in [6, 6.07) is 0. The largest absolute Gasteiger partial charge is 0.444 e. The van der Waals surface area contributed by atoms with E-state index in [0.717, 1.165) is 34.7 Å². The minimum absolute atomic E-state index is 0. The Morgan fingerprint density at radius 1 is 1.13 bits per heavy atom. The molecule has 0 saturated carbocycles. The molecule has 128 valence electrons. The maximum absolute atomic E-state index is 5.55. The van der Waals surface area contributed by atoms with E-state index in [1.54, 1.807) is 11.3 Å². The molecule has 8 heteroatoms. The van der Waals surface area contributed by atoms with Crippen LogP contribution < -0.4 is 10.6 Å². The van der Waals surface area contributed by atoms with Gasteiger partial charge < -0.3 is 15.1 Å². The molecule has 0 aliphatic carbocycles. The minimum atomic E-state index is 0. The first-order chi connectivity index (χ1) is 10.5. The molecule has 0 bridgehead atoms. The van der Waals surface area contributed by atoms with E-state index in [1.807, 2.05) is 34.6 Å². The van der Waals surface area contributed by atoms with Crippen molar-refractivity contribution in [3.05, 3.63) is 32.9 Å². The van der Waals surface area contributed by atoms with Gasteiger partial charge in [0.1, 0.15) is 12.3 Å². The molecular weight excluding hydrogens is 425 g/mol. The molecule has 0 radical (unpaired) electrons. The fourth-order valence-electron chi connectivity index (χ4n) is 2.00. The predicted octanol–water partition coefficient (Wildman–Crippen LogP) is 3.24. The second-order valence-corrected chi connectivity index (χ2v) is 6.33. The molecule has 2 heterocycles. The van der Waals surface area contributed by atoms with Crippen molar-refractivity contribution in [3.63, 3.8) is 0 Å². The Hall–Kier alpha value is -1.16. The number of thiazole rings is 1. The summed E-state index contributed by atoms with van der Waals surface area (Å²) in [4.78, 5) is 14.5. The highest BCUT2D eigenvalue weighted by Crippen LogP contribution is 2.16. The standard InChI is InChI=1S/C15H23N5OS.HI/c1-6-16-15(17-7-13-10(3)19-12(5)22-13)18-8-14-20-9(2)11(4)21-14;/h6-8H2,1-5H3,(H2,16,17,18);1H. The van der Waals surface area contributed by atoms with E-state index in [9.17, 15) is 0 Å². The second-order valence-electron chi connectivity index (χ2n) is 5.04. The smallest absolute Gasteiger partial charge is 0.216 e. The Morgan fingerprint density at radius 2 is 1.87 bits per heavy atom. The van der Waals surface area contributed by atoms with E-state index < -0.39 is 0 Å². The number of nitrogens with one attached hydrogen (secondary N) is 2. The van der Waals surface area contributed by atoms with Crippen molar-refractivity contribution < 1.29 is 4.42 Å². The Bertz CT molecular complexity index is 645. The summed E-state index contributed by atoms with van der Waals surface area (Å²) in [7, 11) is 0. The van der Waals surface area contributed by atoms with Crippen LogP contribution in [0.2, 0.25) is 0 Å². The summed E-state index contributed by atoms with van der Waals surface area (Å²) < 4.78 is 5.55. The highest BCUT2D eigenvalue weighted by atomic mass is 127. The van der Waals surface area contributed by atoms with E-state index in [1.165, 1.54) is 4.88 Å². The van der Waals surface area contributed by atoms with Crippen molar-refractivity contribution in [1.82, 2.24) is 20.6 Å². The van der Waals surface area contributed by atoms with Crippen LogP contribution in [0.4, 0.5) is 0 Å². The van der Waals surface area contributed by atoms with Gasteiger partial charge in [0.25, 0.3) is 0 Å². The molecule has 0 aliphatic heterocycles. The number of guanidine groups is 1. The first kappa shape index (κ1) is 19.9. The first-order valence-corrected chi connectivity index (χ1v) is 8.19. The highest BCUT2D eigenvalue weighted by Gasteiger charge is 2.07. The van der Waals surface area contributed by atoms with Gasteiger partial charge >= 0.3 is 0 Å². The van der Waals surface area contributed by atoms with Gasteiger partial charge in [0.05, 0.1) is 22.9 Å². The van der Waals surface area contributed by atoms with Crippen LogP contribution >= 0.6 is 35.3 Å². The van der Waals surface area contributed by atoms with Crippen LogP contribution in [-0.4, -0.2) is 22.5 Å². The topological polar surface area (TPSA) is 75.3 Å². The van der Waals surface area contributed by atoms with Crippen LogP contribution in [0.1, 0.15) is 39.8 Å². The van der Waals surface area contributed by atoms with Crippen LogP contribution in [0.25, 0.3) is 0 Å². The number of nitrogens with zero attached hydrogens (tertiary/aromatic N) is 3. The molecule has 0 amide bonds. The quantitative estimate of drug-likeness (QED) is 0.417. The van der Waals surface area contributed by atoms with Gasteiger partial charge in [0, 0.05) is 11.4 Å². The summed E-state index contributed by atoms with van der Waals surface area (Å²) in [5, 5.41) is 7.63. The molecule has 2 rings (SSSR count). The number of rotatable bonds is 5. The zero-order valence-electron chi connectivity index (χ0n) is 14.2. The number of oxazole rings is 1. The fraction of sp³-hybridized carbons (Fsp3) is 0.533. The number of aryl methyl sites for hydroxylation is 4. The molecule has 0 atom stereocenters. The number of hydrogen-bond acceptors (Lipinski definition) is 5. The molecule has 0 aliphatic rings. The zero-order valence-corrected chi connectivity index (χ0v) is 17.3. The maximum atomic E-state index is 5.55. The van der Waals surface area contributed by atoms with E-state index in [4.69, 9.17) is 4.42 Å². The maximum Gasteiger partial charge on any atom is 0.216 e. The lowest BCUT2D eigenvalue weighted by Crippen LogP contribution is -2.36. The SMILES string of the molecule is CCNC(=NCc1nc(C)c(C)o1)NCc1sc(C)nc1C.I. The average molecular weight is 449 g/mol. The molecule has 0 aromatic carbocycles. The molecule has 2 aromatic heterocycles. The second kappa shape index (κ2) is 9.21. The molecule has 23 heavy (non-hydrogen) atoms. The van der Waals surface area contributed by atoms with Crippen LogP contribution in [0.15, 0.2) is 9.41 Å². The molecular formula is C15H24IN5OS.